The average Bonchev–Trinajstić information content (AvgIpc) is 0.741. The van der Waals surface area contributed by atoms with Gasteiger partial charge in [0.1, 0.15) is 0 Å². The number of hydrogen-bond acceptors (Lipinski definition) is 12. The van der Waals surface area contributed by atoms with Crippen LogP contribution >= 0.6 is 0 Å². The molecule has 0 bridgehead atoms. The Hall–Kier alpha value is -4.20. The van der Waals surface area contributed by atoms with E-state index in [9.17, 15) is 59.4 Å². The standard InChI is InChI=1S/6C12H27N.C12H6O12/c6*1-4-7-10-13(11-8-5-2)12-9-6-3;13-7(14)1-2(8(15)16)4(10(19)20)6(12(23)24)5(11(21)22)3(1)9(17)18/h6*4-12H2,1-3H3;(H,13,14)(H,15,16)(H,17,18)(H,19,20)(H,21,22)(H,23,24). The fraction of sp³-hybridized carbons (Fsp3) is 0.857. The number of carboxylic acid groups (broad SMARTS) is 6. The molecule has 0 aromatic heterocycles. The van der Waals surface area contributed by atoms with Gasteiger partial charge in [-0.2, -0.15) is 0 Å². The molecule has 102 heavy (non-hydrogen) atoms. The van der Waals surface area contributed by atoms with Crippen LogP contribution < -0.4 is 60.0 Å². The summed E-state index contributed by atoms with van der Waals surface area (Å²) in [5, 5.41) is 66.0. The summed E-state index contributed by atoms with van der Waals surface area (Å²) in [4.78, 5) is 77.0. The Balaban J connectivity index is -0.000000268. The van der Waals surface area contributed by atoms with E-state index in [1.807, 2.05) is 29.4 Å². The first-order valence-corrected chi connectivity index (χ1v) is 42.5. The Morgan fingerprint density at radius 1 is 0.157 bits per heavy atom. The molecule has 0 unspecified atom stereocenters. The zero-order chi connectivity index (χ0) is 78.6. The van der Waals surface area contributed by atoms with Crippen molar-refractivity contribution in [3.63, 3.8) is 0 Å². The molecule has 6 N–H and O–H groups in total. The molecule has 1 aromatic rings. The van der Waals surface area contributed by atoms with Crippen molar-refractivity contribution in [3.8, 4) is 0 Å². The molecule has 18 heteroatoms. The first-order valence-electron chi connectivity index (χ1n) is 42.5. The Bertz CT molecular complexity index is 1570. The van der Waals surface area contributed by atoms with E-state index in [1.165, 1.54) is 349 Å². The first-order chi connectivity index (χ1) is 49.0. The third-order valence-corrected chi connectivity index (χ3v) is 18.6. The molecule has 0 atom stereocenters. The van der Waals surface area contributed by atoms with E-state index in [4.69, 9.17) is 0 Å². The van der Waals surface area contributed by atoms with Gasteiger partial charge in [-0.3, -0.25) is 0 Å². The van der Waals surface area contributed by atoms with Crippen LogP contribution in [-0.2, 0) is 0 Å². The average molecular weight is 1450 g/mol. The lowest BCUT2D eigenvalue weighted by Gasteiger charge is -2.28. The lowest BCUT2D eigenvalue weighted by Crippen LogP contribution is -3.12. The van der Waals surface area contributed by atoms with Gasteiger partial charge in [-0.25, -0.2) is 0 Å². The van der Waals surface area contributed by atoms with Gasteiger partial charge in [-0.1, -0.05) is 240 Å². The van der Waals surface area contributed by atoms with E-state index in [1.54, 1.807) is 0 Å². The van der Waals surface area contributed by atoms with Crippen LogP contribution in [-0.4, -0.2) is 154 Å². The number of carbonyl (C=O) groups is 6. The highest BCUT2D eigenvalue weighted by Gasteiger charge is 2.28. The maximum Gasteiger partial charge on any atom is 0.0770 e. The SMILES string of the molecule is CCCC[NH+](CCCC)CCCC.CCCC[NH+](CCCC)CCCC.CCCC[NH+](CCCC)CCCC.CCCC[NH+](CCCC)CCCC.CCCC[NH+](CCCC)CCCC.CCCC[NH+](CCCC)CCCC.O=C([O-])c1c(C(=O)[O-])c(C(=O)[O-])c(C(=O)[O-])c(C(=O)[O-])c1C(=O)[O-]. The van der Waals surface area contributed by atoms with Gasteiger partial charge in [0.25, 0.3) is 0 Å². The Morgan fingerprint density at radius 2 is 0.216 bits per heavy atom. The summed E-state index contributed by atoms with van der Waals surface area (Å²) >= 11 is 0. The van der Waals surface area contributed by atoms with Gasteiger partial charge in [-0.05, 0) is 116 Å². The van der Waals surface area contributed by atoms with Gasteiger partial charge < -0.3 is 88.8 Å². The zero-order valence-corrected chi connectivity index (χ0v) is 70.1. The highest BCUT2D eigenvalue weighted by molar-refractivity contribution is 6.21. The fourth-order valence-electron chi connectivity index (χ4n) is 11.9. The summed E-state index contributed by atoms with van der Waals surface area (Å²) in [5.41, 5.74) is -12.0. The zero-order valence-electron chi connectivity index (χ0n) is 70.1. The number of carbonyl (C=O) groups excluding carboxylic acids is 6. The topological polar surface area (TPSA) is 267 Å². The number of rotatable bonds is 60. The fourth-order valence-corrected chi connectivity index (χ4v) is 11.9. The summed E-state index contributed by atoms with van der Waals surface area (Å²) in [6.07, 6.45) is 49.6. The summed E-state index contributed by atoms with van der Waals surface area (Å²) in [7, 11) is 0. The predicted molar refractivity (Wildman–Crippen MR) is 414 cm³/mol. The van der Waals surface area contributed by atoms with Crippen LogP contribution in [0.1, 0.15) is 418 Å². The van der Waals surface area contributed by atoms with Crippen LogP contribution in [0, 0.1) is 0 Å². The maximum absolute atomic E-state index is 11.0. The van der Waals surface area contributed by atoms with Gasteiger partial charge in [0, 0.05) is 33.4 Å². The summed E-state index contributed by atoms with van der Waals surface area (Å²) in [5.74, 6) is -16.0. The predicted octanol–water partition coefficient (Wildman–Crippen LogP) is 5.50. The van der Waals surface area contributed by atoms with E-state index in [-0.39, 0.29) is 0 Å². The van der Waals surface area contributed by atoms with E-state index < -0.39 is 69.2 Å². The van der Waals surface area contributed by atoms with Crippen molar-refractivity contribution in [2.75, 3.05) is 118 Å². The molecule has 0 aliphatic carbocycles. The van der Waals surface area contributed by atoms with Crippen LogP contribution in [0.3, 0.4) is 0 Å². The quantitative estimate of drug-likeness (QED) is 0.0473. The van der Waals surface area contributed by atoms with Crippen LogP contribution in [0.2, 0.25) is 0 Å². The van der Waals surface area contributed by atoms with Crippen LogP contribution in [0.25, 0.3) is 0 Å². The Labute approximate surface area is 628 Å². The van der Waals surface area contributed by atoms with Crippen molar-refractivity contribution in [1.29, 1.82) is 0 Å². The molecule has 606 valence electrons. The molecule has 0 aliphatic heterocycles. The van der Waals surface area contributed by atoms with Gasteiger partial charge in [0.05, 0.1) is 154 Å². The van der Waals surface area contributed by atoms with Gasteiger partial charge in [0.15, 0.2) is 0 Å². The minimum Gasteiger partial charge on any atom is -0.545 e. The van der Waals surface area contributed by atoms with Crippen molar-refractivity contribution >= 4 is 35.8 Å². The lowest BCUT2D eigenvalue weighted by molar-refractivity contribution is -0.900. The molecule has 0 radical (unpaired) electrons. The third kappa shape index (κ3) is 64.2. The molecular formula is C84H168N6O12. The summed E-state index contributed by atoms with van der Waals surface area (Å²) in [6.45, 7) is 66.4. The second kappa shape index (κ2) is 82.5. The molecule has 1 aromatic carbocycles. The largest absolute Gasteiger partial charge is 0.545 e. The van der Waals surface area contributed by atoms with Crippen molar-refractivity contribution in [3.05, 3.63) is 33.4 Å². The minimum atomic E-state index is -2.66. The number of aromatic carboxylic acids is 6. The van der Waals surface area contributed by atoms with Gasteiger partial charge in [0.2, 0.25) is 0 Å². The molecule has 18 nitrogen and oxygen atoms in total. The van der Waals surface area contributed by atoms with Crippen molar-refractivity contribution in [2.45, 2.75) is 356 Å². The second-order valence-corrected chi connectivity index (χ2v) is 28.3. The van der Waals surface area contributed by atoms with E-state index >= 15 is 0 Å². The van der Waals surface area contributed by atoms with Crippen LogP contribution in [0.15, 0.2) is 0 Å². The second-order valence-electron chi connectivity index (χ2n) is 28.3. The molecule has 0 saturated carbocycles. The minimum absolute atomic E-state index is 1.35. The first kappa shape index (κ1) is 109. The number of benzene rings is 1. The van der Waals surface area contributed by atoms with Crippen molar-refractivity contribution in [1.82, 2.24) is 0 Å². The summed E-state index contributed by atoms with van der Waals surface area (Å²) in [6, 6.07) is 0. The molecule has 0 saturated heterocycles. The molecule has 0 spiro atoms. The van der Waals surface area contributed by atoms with Gasteiger partial charge in [-0.15, -0.1) is 0 Å². The van der Waals surface area contributed by atoms with Gasteiger partial charge >= 0.3 is 0 Å². The van der Waals surface area contributed by atoms with E-state index in [0.29, 0.717) is 0 Å². The smallest absolute Gasteiger partial charge is 0.0770 e. The van der Waals surface area contributed by atoms with Crippen LogP contribution in [0.5, 0.6) is 0 Å². The summed E-state index contributed by atoms with van der Waals surface area (Å²) < 4.78 is 0. The normalized spacial score (nSPS) is 10.8. The van der Waals surface area contributed by atoms with E-state index in [2.05, 4.69) is 125 Å². The van der Waals surface area contributed by atoms with Crippen LogP contribution in [0.4, 0.5) is 0 Å². The maximum atomic E-state index is 11.0. The molecule has 1 rings (SSSR count). The Kier molecular flexibility index (Phi) is 87.9. The Morgan fingerprint density at radius 3 is 0.255 bits per heavy atom. The highest BCUT2D eigenvalue weighted by Crippen LogP contribution is 2.28. The number of quaternary nitrogens is 6. The molecule has 0 fully saturated rings. The number of unbranched alkanes of at least 4 members (excludes halogenated alkanes) is 18. The van der Waals surface area contributed by atoms with Crippen molar-refractivity contribution < 1.29 is 88.8 Å². The molecule has 0 amide bonds. The number of nitrogens with one attached hydrogen (secondary N) is 6. The number of carboxylic acids is 6. The molecular weight excluding hydrogens is 1280 g/mol. The van der Waals surface area contributed by atoms with E-state index in [0.717, 1.165) is 0 Å². The highest BCUT2D eigenvalue weighted by atomic mass is 16.4. The monoisotopic (exact) mass is 1450 g/mol. The number of hydrogen-bond donors (Lipinski definition) is 6. The molecule has 0 heterocycles. The lowest BCUT2D eigenvalue weighted by atomic mass is 9.86. The van der Waals surface area contributed by atoms with Crippen molar-refractivity contribution in [2.24, 2.45) is 0 Å². The molecule has 0 aliphatic rings. The third-order valence-electron chi connectivity index (χ3n) is 18.6.